The Balaban J connectivity index is 2.02. The minimum Gasteiger partial charge on any atom is -0.423 e. The van der Waals surface area contributed by atoms with Gasteiger partial charge in [-0.25, -0.2) is 0 Å². The first-order valence-corrected chi connectivity index (χ1v) is 6.91. The topological polar surface area (TPSA) is 64.1 Å². The van der Waals surface area contributed by atoms with Crippen LogP contribution in [-0.2, 0) is 0 Å². The number of nitrogens with zero attached hydrogens (tertiary/aromatic N) is 1. The van der Waals surface area contributed by atoms with Gasteiger partial charge in [-0.15, -0.1) is 0 Å². The van der Waals surface area contributed by atoms with Crippen molar-refractivity contribution in [2.75, 3.05) is 23.9 Å². The molecule has 0 fully saturated rings. The van der Waals surface area contributed by atoms with Crippen LogP contribution in [0.25, 0.3) is 11.1 Å². The molecule has 92 valence electrons. The minimum absolute atomic E-state index is 0.547. The number of rotatable bonds is 5. The monoisotopic (exact) mass is 251 g/mol. The van der Waals surface area contributed by atoms with E-state index in [1.807, 2.05) is 30.0 Å². The number of hydrogen-bond acceptors (Lipinski definition) is 5. The number of nitrogen functional groups attached to an aromatic ring is 1. The molecule has 0 saturated heterocycles. The van der Waals surface area contributed by atoms with E-state index < -0.39 is 0 Å². The SMILES string of the molecule is CSC(C)CCNc1nc2c(N)cccc2o1. The van der Waals surface area contributed by atoms with E-state index in [4.69, 9.17) is 10.2 Å². The van der Waals surface area contributed by atoms with Gasteiger partial charge < -0.3 is 15.5 Å². The average Bonchev–Trinajstić information content (AvgIpc) is 2.73. The largest absolute Gasteiger partial charge is 0.423 e. The van der Waals surface area contributed by atoms with Crippen molar-refractivity contribution in [1.82, 2.24) is 4.98 Å². The fourth-order valence-corrected chi connectivity index (χ4v) is 1.90. The van der Waals surface area contributed by atoms with E-state index in [0.29, 0.717) is 17.0 Å². The Morgan fingerprint density at radius 1 is 1.53 bits per heavy atom. The highest BCUT2D eigenvalue weighted by Crippen LogP contribution is 2.23. The second kappa shape index (κ2) is 5.31. The summed E-state index contributed by atoms with van der Waals surface area (Å²) in [7, 11) is 0. The first-order chi connectivity index (χ1) is 8.20. The Bertz CT molecular complexity index is 497. The molecule has 0 radical (unpaired) electrons. The van der Waals surface area contributed by atoms with E-state index in [-0.39, 0.29) is 0 Å². The van der Waals surface area contributed by atoms with Crippen molar-refractivity contribution in [1.29, 1.82) is 0 Å². The molecule has 1 aromatic heterocycles. The Hall–Kier alpha value is -1.36. The van der Waals surface area contributed by atoms with Crippen molar-refractivity contribution in [2.45, 2.75) is 18.6 Å². The van der Waals surface area contributed by atoms with Crippen molar-refractivity contribution in [3.63, 3.8) is 0 Å². The number of para-hydroxylation sites is 1. The fraction of sp³-hybridized carbons (Fsp3) is 0.417. The zero-order valence-corrected chi connectivity index (χ0v) is 10.9. The van der Waals surface area contributed by atoms with Crippen LogP contribution in [0.3, 0.4) is 0 Å². The minimum atomic E-state index is 0.547. The maximum atomic E-state index is 5.81. The first kappa shape index (κ1) is 12.1. The zero-order valence-electron chi connectivity index (χ0n) is 10.1. The van der Waals surface area contributed by atoms with Crippen molar-refractivity contribution in [2.24, 2.45) is 0 Å². The van der Waals surface area contributed by atoms with Gasteiger partial charge in [0.05, 0.1) is 5.69 Å². The van der Waals surface area contributed by atoms with Gasteiger partial charge in [-0.3, -0.25) is 0 Å². The summed E-state index contributed by atoms with van der Waals surface area (Å²) in [6, 6.07) is 6.10. The molecular weight excluding hydrogens is 234 g/mol. The summed E-state index contributed by atoms with van der Waals surface area (Å²) in [5.74, 6) is 0. The molecule has 0 saturated carbocycles. The Morgan fingerprint density at radius 3 is 3.06 bits per heavy atom. The molecule has 2 aromatic rings. The lowest BCUT2D eigenvalue weighted by atomic mass is 10.3. The highest BCUT2D eigenvalue weighted by molar-refractivity contribution is 7.99. The highest BCUT2D eigenvalue weighted by Gasteiger charge is 2.07. The number of thioether (sulfide) groups is 1. The van der Waals surface area contributed by atoms with Crippen LogP contribution in [0, 0.1) is 0 Å². The van der Waals surface area contributed by atoms with E-state index >= 15 is 0 Å². The number of aromatic nitrogens is 1. The summed E-state index contributed by atoms with van der Waals surface area (Å²) in [5.41, 5.74) is 7.92. The summed E-state index contributed by atoms with van der Waals surface area (Å²) in [6.45, 7) is 3.06. The van der Waals surface area contributed by atoms with Gasteiger partial charge in [-0.1, -0.05) is 13.0 Å². The molecule has 0 aliphatic rings. The molecule has 1 heterocycles. The standard InChI is InChI=1S/C12H17N3OS/c1-8(17-2)6-7-14-12-15-11-9(13)4-3-5-10(11)16-12/h3-5,8H,6-7,13H2,1-2H3,(H,14,15). The fourth-order valence-electron chi connectivity index (χ4n) is 1.55. The molecular formula is C12H17N3OS. The summed E-state index contributed by atoms with van der Waals surface area (Å²) in [4.78, 5) is 4.33. The lowest BCUT2D eigenvalue weighted by molar-refractivity contribution is 0.612. The van der Waals surface area contributed by atoms with Gasteiger partial charge in [0.15, 0.2) is 5.58 Å². The van der Waals surface area contributed by atoms with Crippen LogP contribution in [0.4, 0.5) is 11.7 Å². The number of hydrogen-bond donors (Lipinski definition) is 2. The van der Waals surface area contributed by atoms with Crippen LogP contribution in [0.1, 0.15) is 13.3 Å². The number of nitrogens with two attached hydrogens (primary N) is 1. The van der Waals surface area contributed by atoms with Gasteiger partial charge in [0.1, 0.15) is 5.52 Å². The highest BCUT2D eigenvalue weighted by atomic mass is 32.2. The van der Waals surface area contributed by atoms with Gasteiger partial charge in [0.2, 0.25) is 0 Å². The third-order valence-corrected chi connectivity index (χ3v) is 3.72. The molecule has 0 amide bonds. The second-order valence-corrected chi connectivity index (χ2v) is 5.25. The number of benzene rings is 1. The van der Waals surface area contributed by atoms with E-state index in [2.05, 4.69) is 23.5 Å². The van der Waals surface area contributed by atoms with Crippen LogP contribution < -0.4 is 11.1 Å². The third-order valence-electron chi connectivity index (χ3n) is 2.68. The Morgan fingerprint density at radius 2 is 2.35 bits per heavy atom. The quantitative estimate of drug-likeness (QED) is 0.800. The van der Waals surface area contributed by atoms with Crippen molar-refractivity contribution < 1.29 is 4.42 Å². The maximum Gasteiger partial charge on any atom is 0.295 e. The predicted octanol–water partition coefficient (Wildman–Crippen LogP) is 2.96. The molecule has 1 aromatic carbocycles. The van der Waals surface area contributed by atoms with Crippen molar-refractivity contribution in [3.05, 3.63) is 18.2 Å². The van der Waals surface area contributed by atoms with Crippen LogP contribution in [0.5, 0.6) is 0 Å². The summed E-state index contributed by atoms with van der Waals surface area (Å²) < 4.78 is 5.56. The molecule has 0 aliphatic carbocycles. The van der Waals surface area contributed by atoms with Gasteiger partial charge in [0.25, 0.3) is 6.01 Å². The molecule has 0 spiro atoms. The summed E-state index contributed by atoms with van der Waals surface area (Å²) in [6.07, 6.45) is 3.19. The third kappa shape index (κ3) is 2.85. The lowest BCUT2D eigenvalue weighted by Crippen LogP contribution is -2.07. The Labute approximate surface area is 105 Å². The van der Waals surface area contributed by atoms with Crippen molar-refractivity contribution in [3.8, 4) is 0 Å². The van der Waals surface area contributed by atoms with Crippen LogP contribution in [-0.4, -0.2) is 23.0 Å². The predicted molar refractivity (Wildman–Crippen MR) is 74.5 cm³/mol. The van der Waals surface area contributed by atoms with Gasteiger partial charge >= 0.3 is 0 Å². The molecule has 0 bridgehead atoms. The van der Waals surface area contributed by atoms with Gasteiger partial charge in [-0.2, -0.15) is 16.7 Å². The van der Waals surface area contributed by atoms with Crippen LogP contribution in [0.2, 0.25) is 0 Å². The molecule has 1 unspecified atom stereocenters. The second-order valence-electron chi connectivity index (χ2n) is 3.97. The normalized spacial score (nSPS) is 12.8. The molecule has 2 rings (SSSR count). The molecule has 4 nitrogen and oxygen atoms in total. The number of oxazole rings is 1. The van der Waals surface area contributed by atoms with E-state index in [1.165, 1.54) is 0 Å². The van der Waals surface area contributed by atoms with Crippen LogP contribution in [0.15, 0.2) is 22.6 Å². The summed E-state index contributed by atoms with van der Waals surface area (Å²) in [5, 5.41) is 3.82. The maximum absolute atomic E-state index is 5.81. The number of fused-ring (bicyclic) bond motifs is 1. The van der Waals surface area contributed by atoms with E-state index in [9.17, 15) is 0 Å². The molecule has 17 heavy (non-hydrogen) atoms. The molecule has 3 N–H and O–H groups in total. The number of anilines is 2. The molecule has 0 aliphatic heterocycles. The van der Waals surface area contributed by atoms with Crippen LogP contribution >= 0.6 is 11.8 Å². The van der Waals surface area contributed by atoms with E-state index in [1.54, 1.807) is 0 Å². The zero-order chi connectivity index (χ0) is 12.3. The number of nitrogens with one attached hydrogen (secondary N) is 1. The first-order valence-electron chi connectivity index (χ1n) is 5.62. The molecule has 5 heteroatoms. The average molecular weight is 251 g/mol. The van der Waals surface area contributed by atoms with Crippen molar-refractivity contribution >= 4 is 34.6 Å². The Kier molecular flexibility index (Phi) is 3.78. The summed E-state index contributed by atoms with van der Waals surface area (Å²) >= 11 is 1.86. The van der Waals surface area contributed by atoms with Gasteiger partial charge in [0, 0.05) is 11.8 Å². The van der Waals surface area contributed by atoms with E-state index in [0.717, 1.165) is 24.1 Å². The van der Waals surface area contributed by atoms with Gasteiger partial charge in [-0.05, 0) is 24.8 Å². The molecule has 1 atom stereocenters. The lowest BCUT2D eigenvalue weighted by Gasteiger charge is -2.06. The smallest absolute Gasteiger partial charge is 0.295 e.